The van der Waals surface area contributed by atoms with Crippen LogP contribution in [0.3, 0.4) is 0 Å². The van der Waals surface area contributed by atoms with Crippen molar-refractivity contribution in [3.63, 3.8) is 0 Å². The first-order valence-corrected chi connectivity index (χ1v) is 5.56. The highest BCUT2D eigenvalue weighted by Gasteiger charge is 2.19. The smallest absolute Gasteiger partial charge is 0.164 e. The van der Waals surface area contributed by atoms with Crippen molar-refractivity contribution in [1.82, 2.24) is 14.8 Å². The van der Waals surface area contributed by atoms with Gasteiger partial charge in [0.2, 0.25) is 0 Å². The van der Waals surface area contributed by atoms with E-state index < -0.39 is 0 Å². The lowest BCUT2D eigenvalue weighted by Gasteiger charge is -2.22. The molecule has 0 fully saturated rings. The predicted molar refractivity (Wildman–Crippen MR) is 65.1 cm³/mol. The van der Waals surface area contributed by atoms with E-state index in [-0.39, 0.29) is 11.4 Å². The topological polar surface area (TPSA) is 30.7 Å². The second kappa shape index (κ2) is 3.95. The van der Waals surface area contributed by atoms with Gasteiger partial charge in [0.15, 0.2) is 5.82 Å². The Kier molecular flexibility index (Phi) is 2.73. The summed E-state index contributed by atoms with van der Waals surface area (Å²) in [6, 6.07) is 4.71. The van der Waals surface area contributed by atoms with Gasteiger partial charge in [-0.2, -0.15) is 0 Å². The molecular formula is C13H16FN3. The fourth-order valence-corrected chi connectivity index (χ4v) is 1.74. The molecule has 0 aliphatic carbocycles. The van der Waals surface area contributed by atoms with Crippen molar-refractivity contribution in [2.24, 2.45) is 0 Å². The van der Waals surface area contributed by atoms with Crippen LogP contribution in [0.5, 0.6) is 0 Å². The molecule has 1 aromatic heterocycles. The molecule has 0 amide bonds. The van der Waals surface area contributed by atoms with Gasteiger partial charge in [0.25, 0.3) is 0 Å². The third kappa shape index (κ3) is 2.20. The summed E-state index contributed by atoms with van der Waals surface area (Å²) in [4.78, 5) is 0. The van der Waals surface area contributed by atoms with Crippen LogP contribution in [0, 0.1) is 12.7 Å². The van der Waals surface area contributed by atoms with Gasteiger partial charge in [0.1, 0.15) is 12.1 Å². The van der Waals surface area contributed by atoms with Gasteiger partial charge in [0.05, 0.1) is 0 Å². The summed E-state index contributed by atoms with van der Waals surface area (Å²) < 4.78 is 15.3. The molecule has 0 unspecified atom stereocenters. The lowest BCUT2D eigenvalue weighted by atomic mass is 10.0. The number of halogens is 1. The number of rotatable bonds is 1. The van der Waals surface area contributed by atoms with Gasteiger partial charge in [-0.05, 0) is 45.4 Å². The summed E-state index contributed by atoms with van der Waals surface area (Å²) in [7, 11) is 0. The Morgan fingerprint density at radius 1 is 1.24 bits per heavy atom. The molecule has 4 heteroatoms. The number of hydrogen-bond donors (Lipinski definition) is 0. The van der Waals surface area contributed by atoms with E-state index in [4.69, 9.17) is 0 Å². The minimum absolute atomic E-state index is 0.127. The summed E-state index contributed by atoms with van der Waals surface area (Å²) in [5.74, 6) is 0.448. The van der Waals surface area contributed by atoms with E-state index in [1.165, 1.54) is 12.1 Å². The molecule has 0 N–H and O–H groups in total. The Bertz CT molecular complexity index is 538. The number of aromatic nitrogens is 3. The molecule has 3 nitrogen and oxygen atoms in total. The Morgan fingerprint density at radius 3 is 2.59 bits per heavy atom. The van der Waals surface area contributed by atoms with Gasteiger partial charge in [-0.25, -0.2) is 4.39 Å². The third-order valence-electron chi connectivity index (χ3n) is 2.71. The molecule has 0 saturated carbocycles. The monoisotopic (exact) mass is 233 g/mol. The second-order valence-electron chi connectivity index (χ2n) is 5.15. The zero-order valence-corrected chi connectivity index (χ0v) is 10.5. The van der Waals surface area contributed by atoms with Crippen molar-refractivity contribution in [3.05, 3.63) is 35.9 Å². The Hall–Kier alpha value is -1.71. The zero-order chi connectivity index (χ0) is 12.6. The molecule has 0 aliphatic rings. The highest BCUT2D eigenvalue weighted by Crippen LogP contribution is 2.26. The van der Waals surface area contributed by atoms with Gasteiger partial charge in [-0.15, -0.1) is 10.2 Å². The molecule has 0 atom stereocenters. The predicted octanol–water partition coefficient (Wildman–Crippen LogP) is 3.15. The van der Waals surface area contributed by atoms with Crippen LogP contribution >= 0.6 is 0 Å². The number of hydrogen-bond acceptors (Lipinski definition) is 2. The number of aryl methyl sites for hydroxylation is 1. The summed E-state index contributed by atoms with van der Waals surface area (Å²) in [6.45, 7) is 8.13. The molecule has 0 aliphatic heterocycles. The summed E-state index contributed by atoms with van der Waals surface area (Å²) in [5.41, 5.74) is 1.65. The molecule has 1 aromatic carbocycles. The van der Waals surface area contributed by atoms with Crippen LogP contribution in [0.25, 0.3) is 11.4 Å². The van der Waals surface area contributed by atoms with E-state index in [1.54, 1.807) is 12.4 Å². The van der Waals surface area contributed by atoms with Crippen molar-refractivity contribution in [2.75, 3.05) is 0 Å². The van der Waals surface area contributed by atoms with Gasteiger partial charge in [0, 0.05) is 11.1 Å². The fourth-order valence-electron chi connectivity index (χ4n) is 1.74. The van der Waals surface area contributed by atoms with Gasteiger partial charge >= 0.3 is 0 Å². The first-order valence-electron chi connectivity index (χ1n) is 5.56. The van der Waals surface area contributed by atoms with Crippen LogP contribution in [0.15, 0.2) is 24.5 Å². The van der Waals surface area contributed by atoms with Crippen molar-refractivity contribution >= 4 is 0 Å². The average Bonchev–Trinajstić information content (AvgIpc) is 2.69. The normalized spacial score (nSPS) is 11.8. The highest BCUT2D eigenvalue weighted by molar-refractivity contribution is 5.60. The van der Waals surface area contributed by atoms with Crippen LogP contribution in [0.2, 0.25) is 0 Å². The van der Waals surface area contributed by atoms with Gasteiger partial charge in [-0.1, -0.05) is 6.07 Å². The molecule has 0 spiro atoms. The van der Waals surface area contributed by atoms with Crippen molar-refractivity contribution < 1.29 is 4.39 Å². The Balaban J connectivity index is 2.61. The molecule has 0 bridgehead atoms. The molecule has 0 saturated heterocycles. The number of benzene rings is 1. The second-order valence-corrected chi connectivity index (χ2v) is 5.15. The molecule has 1 heterocycles. The maximum atomic E-state index is 13.3. The molecule has 90 valence electrons. The molecule has 2 aromatic rings. The zero-order valence-electron chi connectivity index (χ0n) is 10.5. The van der Waals surface area contributed by atoms with Crippen LogP contribution in [0.1, 0.15) is 26.3 Å². The van der Waals surface area contributed by atoms with Crippen molar-refractivity contribution in [3.8, 4) is 11.4 Å². The summed E-state index contributed by atoms with van der Waals surface area (Å²) in [6.07, 6.45) is 1.68. The van der Waals surface area contributed by atoms with Crippen LogP contribution in [0.4, 0.5) is 4.39 Å². The van der Waals surface area contributed by atoms with E-state index in [0.29, 0.717) is 5.82 Å². The van der Waals surface area contributed by atoms with E-state index >= 15 is 0 Å². The van der Waals surface area contributed by atoms with E-state index in [0.717, 1.165) is 11.1 Å². The molecule has 0 radical (unpaired) electrons. The largest absolute Gasteiger partial charge is 0.308 e. The third-order valence-corrected chi connectivity index (χ3v) is 2.71. The minimum Gasteiger partial charge on any atom is -0.308 e. The minimum atomic E-state index is -0.256. The van der Waals surface area contributed by atoms with Crippen LogP contribution in [-0.2, 0) is 5.54 Å². The standard InChI is InChI=1S/C13H16FN3/c1-9-5-6-10(14)7-11(9)12-16-15-8-17(12)13(2,3)4/h5-8H,1-4H3. The van der Waals surface area contributed by atoms with E-state index in [1.807, 2.05) is 11.5 Å². The maximum absolute atomic E-state index is 13.3. The lowest BCUT2D eigenvalue weighted by Crippen LogP contribution is -2.22. The molecule has 2 rings (SSSR count). The lowest BCUT2D eigenvalue weighted by molar-refractivity contribution is 0.399. The van der Waals surface area contributed by atoms with E-state index in [9.17, 15) is 4.39 Å². The first kappa shape index (κ1) is 11.8. The Labute approximate surface area is 100 Å². The molecular weight excluding hydrogens is 217 g/mol. The Morgan fingerprint density at radius 2 is 1.94 bits per heavy atom. The first-order chi connectivity index (χ1) is 7.89. The summed E-state index contributed by atoms with van der Waals surface area (Å²) in [5, 5.41) is 8.03. The van der Waals surface area contributed by atoms with E-state index in [2.05, 4.69) is 31.0 Å². The average molecular weight is 233 g/mol. The summed E-state index contributed by atoms with van der Waals surface area (Å²) >= 11 is 0. The SMILES string of the molecule is Cc1ccc(F)cc1-c1nncn1C(C)(C)C. The highest BCUT2D eigenvalue weighted by atomic mass is 19.1. The van der Waals surface area contributed by atoms with Gasteiger partial charge < -0.3 is 4.57 Å². The van der Waals surface area contributed by atoms with Crippen molar-refractivity contribution in [2.45, 2.75) is 33.2 Å². The molecule has 17 heavy (non-hydrogen) atoms. The quantitative estimate of drug-likeness (QED) is 0.757. The number of nitrogens with zero attached hydrogens (tertiary/aromatic N) is 3. The van der Waals surface area contributed by atoms with Crippen LogP contribution in [-0.4, -0.2) is 14.8 Å². The van der Waals surface area contributed by atoms with Crippen LogP contribution < -0.4 is 0 Å². The van der Waals surface area contributed by atoms with Gasteiger partial charge in [-0.3, -0.25) is 0 Å². The van der Waals surface area contributed by atoms with Crippen molar-refractivity contribution in [1.29, 1.82) is 0 Å². The fraction of sp³-hybridized carbons (Fsp3) is 0.385. The maximum Gasteiger partial charge on any atom is 0.164 e.